The van der Waals surface area contributed by atoms with Gasteiger partial charge in [-0.25, -0.2) is 8.42 Å². The van der Waals surface area contributed by atoms with Gasteiger partial charge in [0.15, 0.2) is 5.82 Å². The van der Waals surface area contributed by atoms with Crippen molar-refractivity contribution in [2.45, 2.75) is 44.4 Å². The lowest BCUT2D eigenvalue weighted by Crippen LogP contribution is -2.28. The maximum Gasteiger partial charge on any atom is 0.243 e. The molecule has 8 nitrogen and oxygen atoms in total. The number of rotatable bonds is 6. The Bertz CT molecular complexity index is 901. The van der Waals surface area contributed by atoms with E-state index in [0.29, 0.717) is 42.5 Å². The lowest BCUT2D eigenvalue weighted by Gasteiger charge is -2.18. The van der Waals surface area contributed by atoms with Crippen molar-refractivity contribution in [2.75, 3.05) is 18.4 Å². The third-order valence-corrected chi connectivity index (χ3v) is 6.33. The maximum absolute atomic E-state index is 12.8. The van der Waals surface area contributed by atoms with Crippen molar-refractivity contribution in [2.24, 2.45) is 0 Å². The van der Waals surface area contributed by atoms with E-state index in [9.17, 15) is 13.2 Å². The molecule has 1 saturated heterocycles. The van der Waals surface area contributed by atoms with Crippen LogP contribution in [0.3, 0.4) is 0 Å². The van der Waals surface area contributed by atoms with Gasteiger partial charge in [0.05, 0.1) is 4.90 Å². The van der Waals surface area contributed by atoms with Gasteiger partial charge in [-0.2, -0.15) is 9.29 Å². The highest BCUT2D eigenvalue weighted by molar-refractivity contribution is 7.89. The molecule has 1 amide bonds. The molecule has 1 aromatic carbocycles. The first-order chi connectivity index (χ1) is 12.4. The monoisotopic (exact) mass is 378 g/mol. The van der Waals surface area contributed by atoms with E-state index in [1.165, 1.54) is 10.4 Å². The van der Waals surface area contributed by atoms with Crippen LogP contribution in [-0.2, 0) is 21.2 Å². The fraction of sp³-hybridized carbons (Fsp3) is 0.471. The molecule has 1 aliphatic rings. The van der Waals surface area contributed by atoms with Crippen LogP contribution in [0.2, 0.25) is 0 Å². The summed E-state index contributed by atoms with van der Waals surface area (Å²) in [5.74, 6) is 0.684. The zero-order chi connectivity index (χ0) is 18.7. The zero-order valence-corrected chi connectivity index (χ0v) is 15.7. The molecule has 0 aliphatic carbocycles. The Labute approximate surface area is 152 Å². The largest absolute Gasteiger partial charge is 0.339 e. The maximum atomic E-state index is 12.8. The molecule has 0 atom stereocenters. The second-order valence-electron chi connectivity index (χ2n) is 6.37. The number of carbonyl (C=O) groups is 1. The first kappa shape index (κ1) is 18.5. The zero-order valence-electron chi connectivity index (χ0n) is 14.9. The molecule has 1 aliphatic heterocycles. The van der Waals surface area contributed by atoms with Crippen LogP contribution in [0.25, 0.3) is 0 Å². The van der Waals surface area contributed by atoms with Gasteiger partial charge in [-0.05, 0) is 44.4 Å². The number of anilines is 1. The second kappa shape index (κ2) is 7.55. The number of benzene rings is 1. The van der Waals surface area contributed by atoms with Gasteiger partial charge in [-0.15, -0.1) is 0 Å². The van der Waals surface area contributed by atoms with Gasteiger partial charge >= 0.3 is 0 Å². The number of hydrogen-bond donors (Lipinski definition) is 1. The van der Waals surface area contributed by atoms with E-state index < -0.39 is 10.0 Å². The standard InChI is InChI=1S/C17H22N4O4S/c1-12-5-6-14(11-15(12)26(23,24)21-9-3-4-10-21)19-16(22)7-8-17-18-13(2)20-25-17/h5-6,11H,3-4,7-10H2,1-2H3,(H,19,22). The highest BCUT2D eigenvalue weighted by atomic mass is 32.2. The van der Waals surface area contributed by atoms with Gasteiger partial charge in [-0.3, -0.25) is 4.79 Å². The van der Waals surface area contributed by atoms with E-state index >= 15 is 0 Å². The number of aromatic nitrogens is 2. The molecule has 9 heteroatoms. The van der Waals surface area contributed by atoms with Gasteiger partial charge in [-0.1, -0.05) is 11.2 Å². The van der Waals surface area contributed by atoms with Crippen molar-refractivity contribution in [3.05, 3.63) is 35.5 Å². The Kier molecular flexibility index (Phi) is 5.38. The van der Waals surface area contributed by atoms with E-state index in [0.717, 1.165) is 12.8 Å². The molecule has 1 fully saturated rings. The predicted molar refractivity (Wildman–Crippen MR) is 95.2 cm³/mol. The molecule has 0 bridgehead atoms. The minimum Gasteiger partial charge on any atom is -0.339 e. The molecule has 2 heterocycles. The van der Waals surface area contributed by atoms with E-state index in [1.54, 1.807) is 26.0 Å². The van der Waals surface area contributed by atoms with Crippen molar-refractivity contribution in [1.29, 1.82) is 0 Å². The lowest BCUT2D eigenvalue weighted by atomic mass is 10.2. The highest BCUT2D eigenvalue weighted by Crippen LogP contribution is 2.26. The molecule has 140 valence electrons. The quantitative estimate of drug-likeness (QED) is 0.825. The fourth-order valence-corrected chi connectivity index (χ4v) is 4.68. The minimum atomic E-state index is -3.53. The number of nitrogens with zero attached hydrogens (tertiary/aromatic N) is 3. The van der Waals surface area contributed by atoms with Gasteiger partial charge in [0, 0.05) is 31.6 Å². The molecule has 1 aromatic heterocycles. The summed E-state index contributed by atoms with van der Waals surface area (Å²) in [6.45, 7) is 4.55. The van der Waals surface area contributed by atoms with Gasteiger partial charge in [0.25, 0.3) is 0 Å². The van der Waals surface area contributed by atoms with Crippen LogP contribution in [-0.4, -0.2) is 41.9 Å². The first-order valence-electron chi connectivity index (χ1n) is 8.56. The summed E-state index contributed by atoms with van der Waals surface area (Å²) in [4.78, 5) is 16.4. The third kappa shape index (κ3) is 4.10. The summed E-state index contributed by atoms with van der Waals surface area (Å²) < 4.78 is 32.1. The van der Waals surface area contributed by atoms with Crippen LogP contribution in [0, 0.1) is 13.8 Å². The number of hydrogen-bond acceptors (Lipinski definition) is 6. The molecule has 3 rings (SSSR count). The molecular formula is C17H22N4O4S. The van der Waals surface area contributed by atoms with Crippen molar-refractivity contribution in [1.82, 2.24) is 14.4 Å². The predicted octanol–water partition coefficient (Wildman–Crippen LogP) is 2.04. The fourth-order valence-electron chi connectivity index (χ4n) is 2.91. The topological polar surface area (TPSA) is 105 Å². The molecule has 1 N–H and O–H groups in total. The molecule has 0 saturated carbocycles. The second-order valence-corrected chi connectivity index (χ2v) is 8.28. The SMILES string of the molecule is Cc1noc(CCC(=O)Nc2ccc(C)c(S(=O)(=O)N3CCCC3)c2)n1. The van der Waals surface area contributed by atoms with Gasteiger partial charge in [0.1, 0.15) is 0 Å². The lowest BCUT2D eigenvalue weighted by molar-refractivity contribution is -0.116. The Morgan fingerprint density at radius 2 is 2.00 bits per heavy atom. The Balaban J connectivity index is 1.69. The molecule has 0 unspecified atom stereocenters. The van der Waals surface area contributed by atoms with E-state index in [4.69, 9.17) is 4.52 Å². The number of amides is 1. The summed E-state index contributed by atoms with van der Waals surface area (Å²) in [5, 5.41) is 6.41. The average Bonchev–Trinajstić information content (AvgIpc) is 3.26. The number of carbonyl (C=O) groups excluding carboxylic acids is 1. The van der Waals surface area contributed by atoms with Crippen LogP contribution in [0.4, 0.5) is 5.69 Å². The molecule has 0 radical (unpaired) electrons. The number of sulfonamides is 1. The first-order valence-corrected chi connectivity index (χ1v) is 10.00. The van der Waals surface area contributed by atoms with Gasteiger partial charge < -0.3 is 9.84 Å². The van der Waals surface area contributed by atoms with Crippen LogP contribution in [0.5, 0.6) is 0 Å². The minimum absolute atomic E-state index is 0.170. The van der Waals surface area contributed by atoms with Crippen molar-refractivity contribution in [3.63, 3.8) is 0 Å². The normalized spacial score (nSPS) is 15.3. The Hall–Kier alpha value is -2.26. The summed E-state index contributed by atoms with van der Waals surface area (Å²) in [6, 6.07) is 4.94. The van der Waals surface area contributed by atoms with Crippen molar-refractivity contribution >= 4 is 21.6 Å². The molecule has 2 aromatic rings. The molecule has 26 heavy (non-hydrogen) atoms. The number of aryl methyl sites for hydroxylation is 3. The number of nitrogens with one attached hydrogen (secondary N) is 1. The van der Waals surface area contributed by atoms with Crippen LogP contribution >= 0.6 is 0 Å². The highest BCUT2D eigenvalue weighted by Gasteiger charge is 2.28. The summed E-state index contributed by atoms with van der Waals surface area (Å²) in [5.41, 5.74) is 1.12. The third-order valence-electron chi connectivity index (χ3n) is 4.29. The van der Waals surface area contributed by atoms with Crippen molar-refractivity contribution < 1.29 is 17.7 Å². The van der Waals surface area contributed by atoms with Crippen LogP contribution < -0.4 is 5.32 Å². The molecular weight excluding hydrogens is 356 g/mol. The summed E-state index contributed by atoms with van der Waals surface area (Å²) in [7, 11) is -3.53. The Morgan fingerprint density at radius 1 is 1.27 bits per heavy atom. The summed E-state index contributed by atoms with van der Waals surface area (Å²) >= 11 is 0. The van der Waals surface area contributed by atoms with E-state index in [1.807, 2.05) is 0 Å². The van der Waals surface area contributed by atoms with Crippen molar-refractivity contribution in [3.8, 4) is 0 Å². The summed E-state index contributed by atoms with van der Waals surface area (Å²) in [6.07, 6.45) is 2.26. The van der Waals surface area contributed by atoms with E-state index in [2.05, 4.69) is 15.5 Å². The van der Waals surface area contributed by atoms with Crippen LogP contribution in [0.1, 0.15) is 36.5 Å². The molecule has 0 spiro atoms. The van der Waals surface area contributed by atoms with E-state index in [-0.39, 0.29) is 17.2 Å². The Morgan fingerprint density at radius 3 is 2.65 bits per heavy atom. The van der Waals surface area contributed by atoms with Gasteiger partial charge in [0.2, 0.25) is 21.8 Å². The van der Waals surface area contributed by atoms with Crippen LogP contribution in [0.15, 0.2) is 27.6 Å². The average molecular weight is 378 g/mol. The smallest absolute Gasteiger partial charge is 0.243 e.